The van der Waals surface area contributed by atoms with Crippen LogP contribution >= 0.6 is 11.6 Å². The molecule has 1 heterocycles. The molecule has 6 heteroatoms. The van der Waals surface area contributed by atoms with Crippen molar-refractivity contribution in [3.8, 4) is 0 Å². The Morgan fingerprint density at radius 3 is 2.88 bits per heavy atom. The molecule has 0 unspecified atom stereocenters. The fourth-order valence-electron chi connectivity index (χ4n) is 1.30. The van der Waals surface area contributed by atoms with Gasteiger partial charge in [-0.3, -0.25) is 0 Å². The lowest BCUT2D eigenvalue weighted by Crippen LogP contribution is -2.02. The van der Waals surface area contributed by atoms with Crippen LogP contribution in [0.15, 0.2) is 24.4 Å². The topological polar surface area (TPSA) is 63.8 Å². The number of nitrogens with zero attached hydrogens (tertiary/aromatic N) is 2. The summed E-state index contributed by atoms with van der Waals surface area (Å²) in [5.41, 5.74) is 6.87. The maximum Gasteiger partial charge on any atom is 0.221 e. The Morgan fingerprint density at radius 1 is 1.41 bits per heavy atom. The molecule has 2 aromatic rings. The van der Waals surface area contributed by atoms with Gasteiger partial charge in [0.05, 0.1) is 10.7 Å². The molecule has 1 aromatic heterocycles. The van der Waals surface area contributed by atoms with Gasteiger partial charge >= 0.3 is 0 Å². The minimum absolute atomic E-state index is 0.163. The lowest BCUT2D eigenvalue weighted by atomic mass is 10.3. The molecule has 3 N–H and O–H groups in total. The van der Waals surface area contributed by atoms with Gasteiger partial charge in [-0.2, -0.15) is 4.98 Å². The minimum atomic E-state index is -0.389. The fraction of sp³-hybridized carbons (Fsp3) is 0.0909. The van der Waals surface area contributed by atoms with Crippen molar-refractivity contribution in [1.29, 1.82) is 0 Å². The number of hydrogen-bond acceptors (Lipinski definition) is 4. The zero-order valence-electron chi connectivity index (χ0n) is 9.04. The summed E-state index contributed by atoms with van der Waals surface area (Å²) in [6, 6.07) is 4.08. The van der Waals surface area contributed by atoms with Crippen LogP contribution in [-0.4, -0.2) is 9.97 Å². The van der Waals surface area contributed by atoms with Crippen LogP contribution in [0.4, 0.5) is 21.8 Å². The zero-order valence-corrected chi connectivity index (χ0v) is 9.79. The van der Waals surface area contributed by atoms with E-state index in [4.69, 9.17) is 17.3 Å². The Hall–Kier alpha value is -1.88. The number of rotatable bonds is 2. The molecular weight excluding hydrogens is 243 g/mol. The molecule has 0 saturated heterocycles. The number of nitrogen functional groups attached to an aromatic ring is 1. The maximum atomic E-state index is 12.9. The van der Waals surface area contributed by atoms with Crippen molar-refractivity contribution in [2.45, 2.75) is 6.92 Å². The van der Waals surface area contributed by atoms with Gasteiger partial charge in [-0.15, -0.1) is 0 Å². The van der Waals surface area contributed by atoms with Crippen LogP contribution < -0.4 is 11.1 Å². The third-order valence-corrected chi connectivity index (χ3v) is 2.49. The maximum absolute atomic E-state index is 12.9. The largest absolute Gasteiger partial charge is 0.368 e. The summed E-state index contributed by atoms with van der Waals surface area (Å²) in [6.45, 7) is 1.83. The van der Waals surface area contributed by atoms with E-state index in [-0.39, 0.29) is 16.8 Å². The average molecular weight is 253 g/mol. The molecule has 0 amide bonds. The average Bonchev–Trinajstić information content (AvgIpc) is 2.27. The van der Waals surface area contributed by atoms with E-state index in [0.29, 0.717) is 11.5 Å². The molecule has 0 bridgehead atoms. The monoisotopic (exact) mass is 252 g/mol. The molecule has 0 aliphatic rings. The molecule has 17 heavy (non-hydrogen) atoms. The van der Waals surface area contributed by atoms with Gasteiger partial charge in [0.2, 0.25) is 5.95 Å². The second-order valence-corrected chi connectivity index (χ2v) is 3.92. The zero-order chi connectivity index (χ0) is 12.4. The van der Waals surface area contributed by atoms with E-state index in [1.807, 2.05) is 6.92 Å². The van der Waals surface area contributed by atoms with Gasteiger partial charge in [0.25, 0.3) is 0 Å². The molecule has 2 rings (SSSR count). The highest BCUT2D eigenvalue weighted by Gasteiger charge is 2.06. The van der Waals surface area contributed by atoms with Crippen LogP contribution in [0.1, 0.15) is 5.56 Å². The van der Waals surface area contributed by atoms with Crippen LogP contribution in [0.2, 0.25) is 5.02 Å². The van der Waals surface area contributed by atoms with Crippen LogP contribution in [0, 0.1) is 12.7 Å². The summed E-state index contributed by atoms with van der Waals surface area (Å²) in [7, 11) is 0. The number of anilines is 3. The van der Waals surface area contributed by atoms with Crippen molar-refractivity contribution in [3.05, 3.63) is 40.8 Å². The molecule has 88 valence electrons. The minimum Gasteiger partial charge on any atom is -0.368 e. The highest BCUT2D eigenvalue weighted by molar-refractivity contribution is 6.33. The molecule has 0 aliphatic heterocycles. The number of halogens is 2. The molecule has 0 radical (unpaired) electrons. The summed E-state index contributed by atoms with van der Waals surface area (Å²) in [5, 5.41) is 3.26. The van der Waals surface area contributed by atoms with Crippen molar-refractivity contribution in [1.82, 2.24) is 9.97 Å². The Bertz CT molecular complexity index is 559. The third kappa shape index (κ3) is 2.62. The van der Waals surface area contributed by atoms with E-state index in [0.717, 1.165) is 5.56 Å². The van der Waals surface area contributed by atoms with Gasteiger partial charge in [0.1, 0.15) is 11.6 Å². The second-order valence-electron chi connectivity index (χ2n) is 3.51. The lowest BCUT2D eigenvalue weighted by Gasteiger charge is -2.10. The first-order valence-electron chi connectivity index (χ1n) is 4.87. The van der Waals surface area contributed by atoms with Crippen molar-refractivity contribution >= 4 is 29.1 Å². The molecule has 4 nitrogen and oxygen atoms in total. The smallest absolute Gasteiger partial charge is 0.221 e. The Kier molecular flexibility index (Phi) is 3.10. The number of aryl methyl sites for hydroxylation is 1. The van der Waals surface area contributed by atoms with E-state index in [9.17, 15) is 4.39 Å². The molecule has 0 saturated carbocycles. The summed E-state index contributed by atoms with van der Waals surface area (Å²) in [5.74, 6) is 0.321. The molecular formula is C11H10ClFN4. The van der Waals surface area contributed by atoms with Gasteiger partial charge < -0.3 is 11.1 Å². The van der Waals surface area contributed by atoms with Gasteiger partial charge in [-0.1, -0.05) is 11.6 Å². The predicted octanol–water partition coefficient (Wildman–Crippen LogP) is 2.90. The summed E-state index contributed by atoms with van der Waals surface area (Å²) in [4.78, 5) is 7.89. The molecule has 1 aromatic carbocycles. The third-order valence-electron chi connectivity index (χ3n) is 2.17. The highest BCUT2D eigenvalue weighted by Crippen LogP contribution is 2.26. The number of hydrogen-bond donors (Lipinski definition) is 2. The van der Waals surface area contributed by atoms with Crippen molar-refractivity contribution in [2.75, 3.05) is 11.1 Å². The molecule has 0 spiro atoms. The quantitative estimate of drug-likeness (QED) is 0.863. The Morgan fingerprint density at radius 2 is 2.18 bits per heavy atom. The highest BCUT2D eigenvalue weighted by atomic mass is 35.5. The predicted molar refractivity (Wildman–Crippen MR) is 65.9 cm³/mol. The van der Waals surface area contributed by atoms with Gasteiger partial charge in [0.15, 0.2) is 0 Å². The van der Waals surface area contributed by atoms with Gasteiger partial charge in [-0.25, -0.2) is 9.37 Å². The second kappa shape index (κ2) is 4.55. The molecule has 0 fully saturated rings. The number of nitrogens with two attached hydrogens (primary N) is 1. The normalized spacial score (nSPS) is 10.3. The summed E-state index contributed by atoms with van der Waals surface area (Å²) < 4.78 is 12.9. The lowest BCUT2D eigenvalue weighted by molar-refractivity contribution is 0.628. The molecule has 0 atom stereocenters. The van der Waals surface area contributed by atoms with Crippen LogP contribution in [0.25, 0.3) is 0 Å². The van der Waals surface area contributed by atoms with E-state index >= 15 is 0 Å². The fourth-order valence-corrected chi connectivity index (χ4v) is 1.52. The van der Waals surface area contributed by atoms with Crippen molar-refractivity contribution in [2.24, 2.45) is 0 Å². The van der Waals surface area contributed by atoms with Crippen molar-refractivity contribution in [3.63, 3.8) is 0 Å². The van der Waals surface area contributed by atoms with Crippen LogP contribution in [-0.2, 0) is 0 Å². The van der Waals surface area contributed by atoms with E-state index < -0.39 is 0 Å². The van der Waals surface area contributed by atoms with Crippen molar-refractivity contribution < 1.29 is 4.39 Å². The summed E-state index contributed by atoms with van der Waals surface area (Å²) in [6.07, 6.45) is 1.60. The first-order chi connectivity index (χ1) is 8.06. The standard InChI is InChI=1S/C11H10ClFN4/c1-6-5-15-11(14)17-10(6)16-9-3-2-7(13)4-8(9)12/h2-5H,1H3,(H3,14,15,16,17). The first kappa shape index (κ1) is 11.6. The van der Waals surface area contributed by atoms with Gasteiger partial charge in [0, 0.05) is 11.8 Å². The Balaban J connectivity index is 2.34. The molecule has 0 aliphatic carbocycles. The van der Waals surface area contributed by atoms with Crippen LogP contribution in [0.5, 0.6) is 0 Å². The van der Waals surface area contributed by atoms with E-state index in [1.54, 1.807) is 6.20 Å². The first-order valence-corrected chi connectivity index (χ1v) is 5.25. The van der Waals surface area contributed by atoms with E-state index in [2.05, 4.69) is 15.3 Å². The number of nitrogens with one attached hydrogen (secondary N) is 1. The Labute approximate surface area is 103 Å². The summed E-state index contributed by atoms with van der Waals surface area (Å²) >= 11 is 5.89. The van der Waals surface area contributed by atoms with Gasteiger partial charge in [-0.05, 0) is 25.1 Å². The SMILES string of the molecule is Cc1cnc(N)nc1Nc1ccc(F)cc1Cl. The number of benzene rings is 1. The van der Waals surface area contributed by atoms with Crippen LogP contribution in [0.3, 0.4) is 0 Å². The van der Waals surface area contributed by atoms with E-state index in [1.165, 1.54) is 18.2 Å². The number of aromatic nitrogens is 2.